The first-order chi connectivity index (χ1) is 14.9. The third-order valence-corrected chi connectivity index (χ3v) is 6.88. The Balaban J connectivity index is 1.41. The van der Waals surface area contributed by atoms with Crippen LogP contribution in [0.5, 0.6) is 0 Å². The van der Waals surface area contributed by atoms with E-state index in [0.717, 1.165) is 32.7 Å². The molecule has 0 saturated carbocycles. The zero-order chi connectivity index (χ0) is 19.9. The number of fused-ring (bicyclic) bond motifs is 5. The van der Waals surface area contributed by atoms with Crippen LogP contribution in [0.2, 0.25) is 0 Å². The molecule has 0 bridgehead atoms. The van der Waals surface area contributed by atoms with Gasteiger partial charge in [-0.15, -0.1) is 0 Å². The van der Waals surface area contributed by atoms with E-state index in [1.165, 1.54) is 33.3 Å². The van der Waals surface area contributed by atoms with Crippen molar-refractivity contribution >= 4 is 10.9 Å². The van der Waals surface area contributed by atoms with E-state index >= 15 is 0 Å². The minimum Gasteiger partial charge on any atom is -0.357 e. The van der Waals surface area contributed by atoms with Gasteiger partial charge in [0.1, 0.15) is 0 Å². The lowest BCUT2D eigenvalue weighted by atomic mass is 9.82. The fourth-order valence-electron chi connectivity index (χ4n) is 5.57. The molecule has 0 unspecified atom stereocenters. The molecule has 0 radical (unpaired) electrons. The molecule has 0 aliphatic carbocycles. The smallest absolute Gasteiger partial charge is 0.0594 e. The molecule has 3 heterocycles. The monoisotopic (exact) mass is 393 g/mol. The van der Waals surface area contributed by atoms with Crippen molar-refractivity contribution in [2.75, 3.05) is 19.8 Å². The van der Waals surface area contributed by atoms with Crippen LogP contribution in [0, 0.1) is 0 Å². The second kappa shape index (κ2) is 7.42. The summed E-state index contributed by atoms with van der Waals surface area (Å²) < 4.78 is 0. The van der Waals surface area contributed by atoms with Gasteiger partial charge in [0.15, 0.2) is 0 Å². The zero-order valence-corrected chi connectivity index (χ0v) is 17.2. The number of benzene rings is 3. The van der Waals surface area contributed by atoms with Gasteiger partial charge >= 0.3 is 0 Å². The van der Waals surface area contributed by atoms with Gasteiger partial charge in [0.25, 0.3) is 0 Å². The third kappa shape index (κ3) is 3.06. The molecule has 2 aliphatic rings. The molecular formula is C27H27N3. The molecule has 1 aromatic heterocycles. The van der Waals surface area contributed by atoms with E-state index in [4.69, 9.17) is 0 Å². The molecule has 2 aliphatic heterocycles. The quantitative estimate of drug-likeness (QED) is 0.509. The largest absolute Gasteiger partial charge is 0.357 e. The van der Waals surface area contributed by atoms with E-state index in [1.807, 2.05) is 0 Å². The molecule has 0 spiro atoms. The first-order valence-corrected chi connectivity index (χ1v) is 11.0. The van der Waals surface area contributed by atoms with Gasteiger partial charge in [0.2, 0.25) is 0 Å². The van der Waals surface area contributed by atoms with Crippen molar-refractivity contribution in [3.05, 3.63) is 107 Å². The van der Waals surface area contributed by atoms with Gasteiger partial charge in [-0.25, -0.2) is 0 Å². The van der Waals surface area contributed by atoms with Gasteiger partial charge in [-0.1, -0.05) is 78.9 Å². The molecule has 1 fully saturated rings. The fourth-order valence-corrected chi connectivity index (χ4v) is 5.57. The third-order valence-electron chi connectivity index (χ3n) is 6.88. The highest BCUT2D eigenvalue weighted by Crippen LogP contribution is 2.45. The molecular weight excluding hydrogens is 366 g/mol. The highest BCUT2D eigenvalue weighted by Gasteiger charge is 2.41. The van der Waals surface area contributed by atoms with E-state index in [-0.39, 0.29) is 0 Å². The van der Waals surface area contributed by atoms with Crippen molar-refractivity contribution < 1.29 is 0 Å². The number of aromatic amines is 1. The number of para-hydroxylation sites is 1. The minimum absolute atomic E-state index is 0.413. The zero-order valence-electron chi connectivity index (χ0n) is 17.2. The Labute approximate surface area is 177 Å². The summed E-state index contributed by atoms with van der Waals surface area (Å²) in [4.78, 5) is 9.14. The second-order valence-electron chi connectivity index (χ2n) is 8.73. The second-order valence-corrected chi connectivity index (χ2v) is 8.73. The van der Waals surface area contributed by atoms with Crippen LogP contribution in [0.1, 0.15) is 34.3 Å². The van der Waals surface area contributed by atoms with Gasteiger partial charge in [-0.05, 0) is 29.2 Å². The Morgan fingerprint density at radius 2 is 1.57 bits per heavy atom. The number of rotatable bonds is 3. The summed E-state index contributed by atoms with van der Waals surface area (Å²) in [5.41, 5.74) is 7.09. The Hall–Kier alpha value is -2.88. The number of nitrogens with zero attached hydrogens (tertiary/aromatic N) is 2. The van der Waals surface area contributed by atoms with Crippen LogP contribution in [-0.4, -0.2) is 34.5 Å². The van der Waals surface area contributed by atoms with E-state index in [2.05, 4.69) is 99.7 Å². The highest BCUT2D eigenvalue weighted by atomic mass is 15.4. The summed E-state index contributed by atoms with van der Waals surface area (Å²) in [5, 5.41) is 1.41. The molecule has 3 heteroatoms. The molecule has 4 aromatic rings. The summed E-state index contributed by atoms with van der Waals surface area (Å²) in [7, 11) is 0. The average Bonchev–Trinajstić information content (AvgIpc) is 3.18. The van der Waals surface area contributed by atoms with Crippen molar-refractivity contribution in [1.82, 2.24) is 14.8 Å². The van der Waals surface area contributed by atoms with E-state index < -0.39 is 0 Å². The maximum atomic E-state index is 3.82. The Bertz CT molecular complexity index is 1150. The van der Waals surface area contributed by atoms with Crippen LogP contribution >= 0.6 is 0 Å². The molecule has 1 saturated heterocycles. The summed E-state index contributed by atoms with van der Waals surface area (Å²) in [5.74, 6) is 0.454. The number of aromatic nitrogens is 1. The van der Waals surface area contributed by atoms with E-state index in [1.54, 1.807) is 0 Å². The SMILES string of the molecule is c1ccc(CN2C[C@H](c3ccccc3)[C@@H]3c4[nH]c5ccccc5c4CCN3C2)cc1. The van der Waals surface area contributed by atoms with Gasteiger partial charge < -0.3 is 4.98 Å². The van der Waals surface area contributed by atoms with Crippen molar-refractivity contribution in [2.45, 2.75) is 24.9 Å². The molecule has 1 N–H and O–H groups in total. The topological polar surface area (TPSA) is 22.3 Å². The Kier molecular flexibility index (Phi) is 4.44. The lowest BCUT2D eigenvalue weighted by molar-refractivity contribution is 0.00952. The van der Waals surface area contributed by atoms with Crippen LogP contribution in [0.3, 0.4) is 0 Å². The fraction of sp³-hybridized carbons (Fsp3) is 0.259. The standard InChI is InChI=1S/C27H27N3/c1-3-9-20(10-4-1)17-29-18-24(21-11-5-2-6-12-21)27-26-23(15-16-30(27)19-29)22-13-7-8-14-25(22)28-26/h1-14,24,27-28H,15-19H2/t24-,27-/m1/s1. The summed E-state index contributed by atoms with van der Waals surface area (Å²) >= 11 is 0. The first-order valence-electron chi connectivity index (χ1n) is 11.0. The molecule has 0 amide bonds. The molecule has 6 rings (SSSR count). The maximum Gasteiger partial charge on any atom is 0.0594 e. The Morgan fingerprint density at radius 1 is 0.833 bits per heavy atom. The van der Waals surface area contributed by atoms with Gasteiger partial charge in [-0.2, -0.15) is 0 Å². The van der Waals surface area contributed by atoms with Gasteiger partial charge in [0.05, 0.1) is 12.7 Å². The number of H-pyrrole nitrogens is 1. The van der Waals surface area contributed by atoms with Crippen molar-refractivity contribution in [1.29, 1.82) is 0 Å². The average molecular weight is 394 g/mol. The van der Waals surface area contributed by atoms with Crippen LogP contribution in [0.25, 0.3) is 10.9 Å². The minimum atomic E-state index is 0.413. The van der Waals surface area contributed by atoms with Crippen molar-refractivity contribution in [2.24, 2.45) is 0 Å². The van der Waals surface area contributed by atoms with E-state index in [9.17, 15) is 0 Å². The summed E-state index contributed by atoms with van der Waals surface area (Å²) in [6, 6.07) is 31.2. The van der Waals surface area contributed by atoms with Crippen LogP contribution in [-0.2, 0) is 13.0 Å². The first kappa shape index (κ1) is 17.9. The normalized spacial score (nSPS) is 22.0. The molecule has 30 heavy (non-hydrogen) atoms. The molecule has 3 nitrogen and oxygen atoms in total. The van der Waals surface area contributed by atoms with Gasteiger partial charge in [0, 0.05) is 42.1 Å². The summed E-state index contributed by atoms with van der Waals surface area (Å²) in [6.45, 7) is 4.23. The number of hydrogen-bond donors (Lipinski definition) is 1. The highest BCUT2D eigenvalue weighted by molar-refractivity contribution is 5.85. The molecule has 2 atom stereocenters. The maximum absolute atomic E-state index is 3.82. The van der Waals surface area contributed by atoms with Crippen LogP contribution in [0.4, 0.5) is 0 Å². The van der Waals surface area contributed by atoms with Gasteiger partial charge in [-0.3, -0.25) is 9.80 Å². The predicted octanol–water partition coefficient (Wildman–Crippen LogP) is 5.32. The van der Waals surface area contributed by atoms with Crippen molar-refractivity contribution in [3.8, 4) is 0 Å². The lowest BCUT2D eigenvalue weighted by Crippen LogP contribution is -2.52. The number of hydrogen-bond acceptors (Lipinski definition) is 2. The predicted molar refractivity (Wildman–Crippen MR) is 122 cm³/mol. The van der Waals surface area contributed by atoms with Crippen LogP contribution < -0.4 is 0 Å². The lowest BCUT2D eigenvalue weighted by Gasteiger charge is -2.48. The Morgan fingerprint density at radius 3 is 2.40 bits per heavy atom. The van der Waals surface area contributed by atoms with E-state index in [0.29, 0.717) is 12.0 Å². The number of nitrogens with one attached hydrogen (secondary N) is 1. The van der Waals surface area contributed by atoms with Crippen molar-refractivity contribution in [3.63, 3.8) is 0 Å². The molecule has 150 valence electrons. The van der Waals surface area contributed by atoms with Crippen LogP contribution in [0.15, 0.2) is 84.9 Å². The summed E-state index contributed by atoms with van der Waals surface area (Å²) in [6.07, 6.45) is 1.12. The molecule has 3 aromatic carbocycles.